The molecule has 1 heterocycles. The summed E-state index contributed by atoms with van der Waals surface area (Å²) in [6.45, 7) is 2.96. The fourth-order valence-corrected chi connectivity index (χ4v) is 3.82. The molecule has 31 heavy (non-hydrogen) atoms. The van der Waals surface area contributed by atoms with Gasteiger partial charge in [-0.3, -0.25) is 9.69 Å². The minimum Gasteiger partial charge on any atom is -0.497 e. The fourth-order valence-electron chi connectivity index (χ4n) is 3.82. The van der Waals surface area contributed by atoms with E-state index in [1.54, 1.807) is 44.6 Å². The molecule has 166 valence electrons. The highest BCUT2D eigenvalue weighted by Crippen LogP contribution is 2.29. The lowest BCUT2D eigenvalue weighted by molar-refractivity contribution is -0.116. The number of methoxy groups -OCH3 is 2. The maximum Gasteiger partial charge on any atom is 0.224 e. The number of hydrogen-bond acceptors (Lipinski definition) is 4. The third-order valence-electron chi connectivity index (χ3n) is 5.71. The molecule has 0 saturated carbocycles. The van der Waals surface area contributed by atoms with Gasteiger partial charge in [0.15, 0.2) is 0 Å². The van der Waals surface area contributed by atoms with Crippen molar-refractivity contribution in [1.29, 1.82) is 0 Å². The molecule has 0 unspecified atom stereocenters. The first kappa shape index (κ1) is 22.8. The molecule has 1 aliphatic heterocycles. The van der Waals surface area contributed by atoms with Crippen LogP contribution in [0.5, 0.6) is 11.5 Å². The van der Waals surface area contributed by atoms with Crippen LogP contribution in [0.2, 0.25) is 0 Å². The van der Waals surface area contributed by atoms with Crippen LogP contribution >= 0.6 is 0 Å². The van der Waals surface area contributed by atoms with Gasteiger partial charge in [-0.15, -0.1) is 0 Å². The number of carbonyl (C=O) groups is 1. The van der Waals surface area contributed by atoms with E-state index in [2.05, 4.69) is 16.3 Å². The van der Waals surface area contributed by atoms with E-state index >= 15 is 0 Å². The minimum atomic E-state index is -0.212. The Morgan fingerprint density at radius 3 is 2.55 bits per heavy atom. The van der Waals surface area contributed by atoms with Crippen LogP contribution in [0.3, 0.4) is 0 Å². The summed E-state index contributed by atoms with van der Waals surface area (Å²) in [4.78, 5) is 14.8. The van der Waals surface area contributed by atoms with Crippen molar-refractivity contribution in [3.05, 3.63) is 59.9 Å². The smallest absolute Gasteiger partial charge is 0.224 e. The van der Waals surface area contributed by atoms with Gasteiger partial charge in [-0.1, -0.05) is 24.3 Å². The Morgan fingerprint density at radius 2 is 1.87 bits per heavy atom. The molecule has 1 aliphatic rings. The number of likely N-dealkylation sites (tertiary alicyclic amines) is 1. The van der Waals surface area contributed by atoms with Gasteiger partial charge in [0.25, 0.3) is 0 Å². The van der Waals surface area contributed by atoms with E-state index < -0.39 is 0 Å². The van der Waals surface area contributed by atoms with Gasteiger partial charge in [0.1, 0.15) is 17.3 Å². The zero-order chi connectivity index (χ0) is 22.1. The van der Waals surface area contributed by atoms with Gasteiger partial charge in [-0.05, 0) is 68.1 Å². The monoisotopic (exact) mass is 426 g/mol. The Morgan fingerprint density at radius 1 is 1.13 bits per heavy atom. The average molecular weight is 427 g/mol. The van der Waals surface area contributed by atoms with E-state index in [0.717, 1.165) is 44.5 Å². The molecule has 1 N–H and O–H groups in total. The second-order valence-corrected chi connectivity index (χ2v) is 7.85. The van der Waals surface area contributed by atoms with E-state index in [1.807, 2.05) is 6.08 Å². The Kier molecular flexibility index (Phi) is 8.47. The second-order valence-electron chi connectivity index (χ2n) is 7.85. The third-order valence-corrected chi connectivity index (χ3v) is 5.71. The molecule has 2 aromatic carbocycles. The summed E-state index contributed by atoms with van der Waals surface area (Å²) in [7, 11) is 3.17. The van der Waals surface area contributed by atoms with Gasteiger partial charge in [-0.2, -0.15) is 0 Å². The second kappa shape index (κ2) is 11.5. The molecule has 0 atom stereocenters. The lowest BCUT2D eigenvalue weighted by Gasteiger charge is -2.31. The molecule has 1 saturated heterocycles. The standard InChI is InChI=1S/C25H31FN2O3/c1-30-22-10-11-23(24(18-22)31-2)27-25(29)12-7-20-13-16-28(17-14-20)15-3-4-19-5-8-21(26)9-6-19/h3-6,8-11,18,20H,7,12-17H2,1-2H3,(H,27,29)/b4-3+. The van der Waals surface area contributed by atoms with Gasteiger partial charge in [-0.25, -0.2) is 4.39 Å². The zero-order valence-electron chi connectivity index (χ0n) is 18.3. The van der Waals surface area contributed by atoms with E-state index in [4.69, 9.17) is 9.47 Å². The molecular weight excluding hydrogens is 395 g/mol. The van der Waals surface area contributed by atoms with Gasteiger partial charge in [0, 0.05) is 19.0 Å². The first-order valence-electron chi connectivity index (χ1n) is 10.7. The number of benzene rings is 2. The quantitative estimate of drug-likeness (QED) is 0.614. The number of amides is 1. The molecule has 0 aromatic heterocycles. The number of hydrogen-bond donors (Lipinski definition) is 1. The summed E-state index contributed by atoms with van der Waals surface area (Å²) in [5.41, 5.74) is 1.67. The van der Waals surface area contributed by atoms with Crippen molar-refractivity contribution in [2.45, 2.75) is 25.7 Å². The average Bonchev–Trinajstić information content (AvgIpc) is 2.80. The molecule has 0 bridgehead atoms. The molecule has 0 aliphatic carbocycles. The van der Waals surface area contributed by atoms with Crippen molar-refractivity contribution in [3.63, 3.8) is 0 Å². The van der Waals surface area contributed by atoms with Crippen LogP contribution in [-0.4, -0.2) is 44.7 Å². The highest BCUT2D eigenvalue weighted by Gasteiger charge is 2.19. The SMILES string of the molecule is COc1ccc(NC(=O)CCC2CCN(C/C=C/c3ccc(F)cc3)CC2)c(OC)c1. The number of anilines is 1. The van der Waals surface area contributed by atoms with Gasteiger partial charge in [0.05, 0.1) is 19.9 Å². The normalized spacial score (nSPS) is 15.2. The highest BCUT2D eigenvalue weighted by atomic mass is 19.1. The lowest BCUT2D eigenvalue weighted by Crippen LogP contribution is -2.34. The summed E-state index contributed by atoms with van der Waals surface area (Å²) >= 11 is 0. The summed E-state index contributed by atoms with van der Waals surface area (Å²) < 4.78 is 23.5. The van der Waals surface area contributed by atoms with Crippen LogP contribution in [0.15, 0.2) is 48.5 Å². The van der Waals surface area contributed by atoms with Crippen molar-refractivity contribution < 1.29 is 18.7 Å². The number of piperidine rings is 1. The predicted molar refractivity (Wildman–Crippen MR) is 122 cm³/mol. The minimum absolute atomic E-state index is 0.00753. The Balaban J connectivity index is 1.37. The van der Waals surface area contributed by atoms with Crippen LogP contribution in [0.4, 0.5) is 10.1 Å². The number of rotatable bonds is 9. The molecule has 1 amide bonds. The maximum absolute atomic E-state index is 13.0. The van der Waals surface area contributed by atoms with Gasteiger partial charge < -0.3 is 14.8 Å². The number of ether oxygens (including phenoxy) is 2. The summed E-state index contributed by atoms with van der Waals surface area (Å²) in [6, 6.07) is 11.9. The van der Waals surface area contributed by atoms with Crippen LogP contribution in [0.1, 0.15) is 31.2 Å². The number of carbonyl (C=O) groups excluding carboxylic acids is 1. The molecule has 5 nitrogen and oxygen atoms in total. The van der Waals surface area contributed by atoms with E-state index in [0.29, 0.717) is 29.5 Å². The number of nitrogens with one attached hydrogen (secondary N) is 1. The summed E-state index contributed by atoms with van der Waals surface area (Å²) in [5.74, 6) is 1.65. The first-order chi connectivity index (χ1) is 15.1. The van der Waals surface area contributed by atoms with Crippen LogP contribution in [0, 0.1) is 11.7 Å². The van der Waals surface area contributed by atoms with Crippen molar-refractivity contribution in [2.75, 3.05) is 39.2 Å². The number of nitrogens with zero attached hydrogens (tertiary/aromatic N) is 1. The van der Waals surface area contributed by atoms with E-state index in [1.165, 1.54) is 12.1 Å². The molecule has 0 radical (unpaired) electrons. The van der Waals surface area contributed by atoms with Gasteiger partial charge >= 0.3 is 0 Å². The van der Waals surface area contributed by atoms with E-state index in [-0.39, 0.29) is 11.7 Å². The van der Waals surface area contributed by atoms with Crippen LogP contribution in [0.25, 0.3) is 6.08 Å². The summed E-state index contributed by atoms with van der Waals surface area (Å²) in [6.07, 6.45) is 7.76. The fraction of sp³-hybridized carbons (Fsp3) is 0.400. The van der Waals surface area contributed by atoms with Gasteiger partial charge in [0.2, 0.25) is 5.91 Å². The van der Waals surface area contributed by atoms with E-state index in [9.17, 15) is 9.18 Å². The van der Waals surface area contributed by atoms with Crippen molar-refractivity contribution in [1.82, 2.24) is 4.90 Å². The lowest BCUT2D eigenvalue weighted by atomic mass is 9.92. The van der Waals surface area contributed by atoms with Crippen LogP contribution in [-0.2, 0) is 4.79 Å². The Bertz CT molecular complexity index is 875. The largest absolute Gasteiger partial charge is 0.497 e. The third kappa shape index (κ3) is 7.10. The first-order valence-corrected chi connectivity index (χ1v) is 10.7. The molecule has 1 fully saturated rings. The summed E-state index contributed by atoms with van der Waals surface area (Å²) in [5, 5.41) is 2.95. The maximum atomic E-state index is 13.0. The zero-order valence-corrected chi connectivity index (χ0v) is 18.3. The number of halogens is 1. The predicted octanol–water partition coefficient (Wildman–Crippen LogP) is 4.99. The van der Waals surface area contributed by atoms with Crippen molar-refractivity contribution >= 4 is 17.7 Å². The topological polar surface area (TPSA) is 50.8 Å². The van der Waals surface area contributed by atoms with Crippen molar-refractivity contribution in [3.8, 4) is 11.5 Å². The van der Waals surface area contributed by atoms with Crippen LogP contribution < -0.4 is 14.8 Å². The van der Waals surface area contributed by atoms with Crippen molar-refractivity contribution in [2.24, 2.45) is 5.92 Å². The Hall–Kier alpha value is -2.86. The molecule has 6 heteroatoms. The molecular formula is C25H31FN2O3. The molecule has 0 spiro atoms. The molecule has 2 aromatic rings. The molecule has 3 rings (SSSR count). The Labute approximate surface area is 183 Å². The highest BCUT2D eigenvalue weighted by molar-refractivity contribution is 5.92.